The predicted octanol–water partition coefficient (Wildman–Crippen LogP) is 4.90. The van der Waals surface area contributed by atoms with E-state index in [2.05, 4.69) is 4.90 Å². The first kappa shape index (κ1) is 33.7. The summed E-state index contributed by atoms with van der Waals surface area (Å²) in [6.07, 6.45) is 5.91. The van der Waals surface area contributed by atoms with Crippen LogP contribution in [0.2, 0.25) is 0 Å². The quantitative estimate of drug-likeness (QED) is 0.156. The maximum atomic E-state index is 13.4. The minimum atomic E-state index is -2.58. The topological polar surface area (TPSA) is 79.3 Å². The molecule has 1 saturated carbocycles. The van der Waals surface area contributed by atoms with E-state index in [1.54, 1.807) is 0 Å². The average Bonchev–Trinajstić information content (AvgIpc) is 2.81. The Hall–Kier alpha value is -1.32. The number of nitrogens with zero attached hydrogens (tertiary/aromatic N) is 2. The summed E-state index contributed by atoms with van der Waals surface area (Å²) < 4.78 is 37.2. The van der Waals surface area contributed by atoms with E-state index < -0.39 is 5.92 Å². The van der Waals surface area contributed by atoms with Crippen molar-refractivity contribution in [3.8, 4) is 0 Å². The van der Waals surface area contributed by atoms with E-state index in [0.29, 0.717) is 51.0 Å². The van der Waals surface area contributed by atoms with Gasteiger partial charge in [-0.25, -0.2) is 8.78 Å². The molecule has 0 aliphatic heterocycles. The number of halogens is 2. The third-order valence-corrected chi connectivity index (χ3v) is 6.54. The summed E-state index contributed by atoms with van der Waals surface area (Å²) in [6.45, 7) is 12.5. The van der Waals surface area contributed by atoms with E-state index in [4.69, 9.17) is 9.47 Å². The van der Waals surface area contributed by atoms with Crippen LogP contribution in [0, 0.1) is 11.8 Å². The van der Waals surface area contributed by atoms with Crippen LogP contribution in [0.5, 0.6) is 0 Å². The fourth-order valence-corrected chi connectivity index (χ4v) is 4.33. The number of aliphatic hydroxyl groups excluding tert-OH is 1. The van der Waals surface area contributed by atoms with Crippen LogP contribution in [0.1, 0.15) is 91.9 Å². The van der Waals surface area contributed by atoms with Crippen LogP contribution in [0.4, 0.5) is 8.78 Å². The van der Waals surface area contributed by atoms with Gasteiger partial charge >= 0.3 is 11.9 Å². The van der Waals surface area contributed by atoms with Crippen LogP contribution in [0.25, 0.3) is 0 Å². The van der Waals surface area contributed by atoms with Gasteiger partial charge in [0, 0.05) is 51.4 Å². The monoisotopic (exact) mass is 534 g/mol. The fraction of sp³-hybridized carbons (Fsp3) is 0.929. The van der Waals surface area contributed by atoms with E-state index in [0.717, 1.165) is 58.2 Å². The molecular formula is C28H52F2N2O5. The molecule has 1 fully saturated rings. The summed E-state index contributed by atoms with van der Waals surface area (Å²) in [5, 5.41) is 9.41. The van der Waals surface area contributed by atoms with Gasteiger partial charge < -0.3 is 19.5 Å². The number of rotatable bonds is 22. The van der Waals surface area contributed by atoms with E-state index in [9.17, 15) is 23.5 Å². The first-order valence-corrected chi connectivity index (χ1v) is 14.3. The molecule has 1 aliphatic rings. The van der Waals surface area contributed by atoms with Crippen LogP contribution in [-0.4, -0.2) is 91.4 Å². The van der Waals surface area contributed by atoms with Crippen LogP contribution in [0.3, 0.4) is 0 Å². The van der Waals surface area contributed by atoms with Crippen molar-refractivity contribution in [2.24, 2.45) is 11.8 Å². The number of aliphatic hydroxyl groups is 1. The van der Waals surface area contributed by atoms with Crippen LogP contribution < -0.4 is 0 Å². The number of hydrogen-bond acceptors (Lipinski definition) is 7. The molecule has 0 unspecified atom stereocenters. The van der Waals surface area contributed by atoms with Gasteiger partial charge in [0.1, 0.15) is 0 Å². The van der Waals surface area contributed by atoms with E-state index in [1.165, 1.54) is 0 Å². The smallest absolute Gasteiger partial charge is 0.305 e. The molecule has 0 saturated heterocycles. The zero-order valence-corrected chi connectivity index (χ0v) is 23.7. The molecule has 7 nitrogen and oxygen atoms in total. The molecule has 0 aromatic heterocycles. The molecule has 0 radical (unpaired) electrons. The lowest BCUT2D eigenvalue weighted by Gasteiger charge is -2.43. The first-order chi connectivity index (χ1) is 17.5. The van der Waals surface area contributed by atoms with Gasteiger partial charge in [0.15, 0.2) is 0 Å². The minimum Gasteiger partial charge on any atom is -0.465 e. The molecule has 0 bridgehead atoms. The summed E-state index contributed by atoms with van der Waals surface area (Å²) in [5.41, 5.74) is 0. The Morgan fingerprint density at radius 2 is 1.27 bits per heavy atom. The summed E-state index contributed by atoms with van der Waals surface area (Å²) in [6, 6.07) is -0.169. The van der Waals surface area contributed by atoms with Crippen molar-refractivity contribution in [2.45, 2.75) is 104 Å². The second-order valence-corrected chi connectivity index (χ2v) is 11.3. The second kappa shape index (κ2) is 18.9. The van der Waals surface area contributed by atoms with Gasteiger partial charge in [0.25, 0.3) is 5.92 Å². The highest BCUT2D eigenvalue weighted by atomic mass is 19.3. The summed E-state index contributed by atoms with van der Waals surface area (Å²) >= 11 is 0. The standard InChI is InChI=1S/C28H52F2N2O5/c1-23(2)21-36-26(34)11-7-5-9-13-31(14-10-6-8-12-27(35)37-22-24(3)4)15-16-32(17-18-33)25-19-28(29,30)20-25/h23-25,33H,5-22H2,1-4H3. The molecule has 0 atom stereocenters. The zero-order chi connectivity index (χ0) is 27.7. The Morgan fingerprint density at radius 1 is 0.784 bits per heavy atom. The van der Waals surface area contributed by atoms with Crippen molar-refractivity contribution >= 4 is 11.9 Å². The van der Waals surface area contributed by atoms with Crippen molar-refractivity contribution < 1.29 is 33.0 Å². The average molecular weight is 535 g/mol. The van der Waals surface area contributed by atoms with Crippen molar-refractivity contribution in [1.29, 1.82) is 0 Å². The predicted molar refractivity (Wildman–Crippen MR) is 142 cm³/mol. The third kappa shape index (κ3) is 17.0. The number of hydrogen-bond donors (Lipinski definition) is 1. The molecule has 1 aliphatic carbocycles. The fourth-order valence-electron chi connectivity index (χ4n) is 4.33. The maximum Gasteiger partial charge on any atom is 0.305 e. The lowest BCUT2D eigenvalue weighted by molar-refractivity contribution is -0.145. The Balaban J connectivity index is 2.41. The molecule has 0 heterocycles. The molecule has 1 rings (SSSR count). The molecular weight excluding hydrogens is 482 g/mol. The molecule has 0 spiro atoms. The Morgan fingerprint density at radius 3 is 1.68 bits per heavy atom. The Labute approximate surface area is 223 Å². The van der Waals surface area contributed by atoms with Gasteiger partial charge in [-0.2, -0.15) is 0 Å². The van der Waals surface area contributed by atoms with Gasteiger partial charge in [0.2, 0.25) is 0 Å². The Kier molecular flexibility index (Phi) is 17.2. The lowest BCUT2D eigenvalue weighted by Crippen LogP contribution is -2.53. The lowest BCUT2D eigenvalue weighted by atomic mass is 9.87. The zero-order valence-electron chi connectivity index (χ0n) is 23.7. The van der Waals surface area contributed by atoms with E-state index in [1.807, 2.05) is 32.6 Å². The largest absolute Gasteiger partial charge is 0.465 e. The molecule has 218 valence electrons. The molecule has 1 N–H and O–H groups in total. The van der Waals surface area contributed by atoms with Crippen LogP contribution >= 0.6 is 0 Å². The van der Waals surface area contributed by atoms with Gasteiger partial charge in [-0.1, -0.05) is 40.5 Å². The number of carbonyl (C=O) groups excluding carboxylic acids is 2. The van der Waals surface area contributed by atoms with Gasteiger partial charge in [-0.15, -0.1) is 0 Å². The molecule has 37 heavy (non-hydrogen) atoms. The first-order valence-electron chi connectivity index (χ1n) is 14.3. The van der Waals surface area contributed by atoms with E-state index in [-0.39, 0.29) is 37.4 Å². The van der Waals surface area contributed by atoms with Crippen LogP contribution in [0.15, 0.2) is 0 Å². The SMILES string of the molecule is CC(C)COC(=O)CCCCCN(CCCCCC(=O)OCC(C)C)CCN(CCO)C1CC(F)(F)C1. The van der Waals surface area contributed by atoms with Gasteiger partial charge in [0.05, 0.1) is 19.8 Å². The molecule has 0 aromatic rings. The van der Waals surface area contributed by atoms with Gasteiger partial charge in [-0.3, -0.25) is 14.5 Å². The third-order valence-electron chi connectivity index (χ3n) is 6.54. The minimum absolute atomic E-state index is 0.0398. The Bertz CT molecular complexity index is 592. The second-order valence-electron chi connectivity index (χ2n) is 11.3. The van der Waals surface area contributed by atoms with Crippen molar-refractivity contribution in [1.82, 2.24) is 9.80 Å². The number of unbranched alkanes of at least 4 members (excludes halogenated alkanes) is 4. The number of ether oxygens (including phenoxy) is 2. The summed E-state index contributed by atoms with van der Waals surface area (Å²) in [5.74, 6) is -2.20. The van der Waals surface area contributed by atoms with E-state index >= 15 is 0 Å². The molecule has 0 aromatic carbocycles. The van der Waals surface area contributed by atoms with Crippen molar-refractivity contribution in [2.75, 3.05) is 52.5 Å². The highest BCUT2D eigenvalue weighted by molar-refractivity contribution is 5.69. The molecule has 9 heteroatoms. The number of esters is 2. The van der Waals surface area contributed by atoms with Crippen molar-refractivity contribution in [3.63, 3.8) is 0 Å². The van der Waals surface area contributed by atoms with Crippen LogP contribution in [-0.2, 0) is 19.1 Å². The number of alkyl halides is 2. The highest BCUT2D eigenvalue weighted by Gasteiger charge is 2.47. The van der Waals surface area contributed by atoms with Gasteiger partial charge in [-0.05, 0) is 50.6 Å². The van der Waals surface area contributed by atoms with Crippen molar-refractivity contribution in [3.05, 3.63) is 0 Å². The number of carbonyl (C=O) groups is 2. The summed E-state index contributed by atoms with van der Waals surface area (Å²) in [7, 11) is 0. The summed E-state index contributed by atoms with van der Waals surface area (Å²) in [4.78, 5) is 27.9. The highest BCUT2D eigenvalue weighted by Crippen LogP contribution is 2.40. The normalized spacial score (nSPS) is 15.5. The molecule has 0 amide bonds. The maximum absolute atomic E-state index is 13.4.